The van der Waals surface area contributed by atoms with Gasteiger partial charge in [-0.2, -0.15) is 0 Å². The maximum Gasteiger partial charge on any atom is 0.111 e. The van der Waals surface area contributed by atoms with Gasteiger partial charge in [0.05, 0.1) is 12.7 Å². The molecule has 0 amide bonds. The highest BCUT2D eigenvalue weighted by Gasteiger charge is 2.29. The Balaban J connectivity index is 3.37. The van der Waals surface area contributed by atoms with Gasteiger partial charge in [0.25, 0.3) is 0 Å². The lowest BCUT2D eigenvalue weighted by Gasteiger charge is -2.25. The van der Waals surface area contributed by atoms with Gasteiger partial charge < -0.3 is 30.8 Å². The monoisotopic (exact) mass is 377 g/mol. The van der Waals surface area contributed by atoms with E-state index in [9.17, 15) is 20.4 Å². The molecule has 0 aromatic heterocycles. The quantitative estimate of drug-likeness (QED) is 0.191. The van der Waals surface area contributed by atoms with Crippen LogP contribution in [0, 0.1) is 0 Å². The van der Waals surface area contributed by atoms with Crippen LogP contribution in [0.2, 0.25) is 0 Å². The normalized spacial score (nSPS) is 16.4. The average Bonchev–Trinajstić information content (AvgIpc) is 2.66. The number of aliphatic hydroxyl groups is 5. The van der Waals surface area contributed by atoms with E-state index >= 15 is 0 Å². The van der Waals surface area contributed by atoms with Gasteiger partial charge in [-0.1, -0.05) is 77.6 Å². The van der Waals surface area contributed by atoms with E-state index in [4.69, 9.17) is 5.11 Å². The van der Waals surface area contributed by atoms with E-state index in [0.29, 0.717) is 0 Å². The van der Waals surface area contributed by atoms with Gasteiger partial charge in [0.1, 0.15) is 18.3 Å². The molecule has 0 aliphatic rings. The summed E-state index contributed by atoms with van der Waals surface area (Å²) in [4.78, 5) is 0. The number of aliphatic hydroxyl groups excluding tert-OH is 5. The molecular formula is C20H43NO5. The van der Waals surface area contributed by atoms with Gasteiger partial charge >= 0.3 is 0 Å². The van der Waals surface area contributed by atoms with Crippen molar-refractivity contribution in [1.82, 2.24) is 5.32 Å². The molecule has 26 heavy (non-hydrogen) atoms. The first-order valence-corrected chi connectivity index (χ1v) is 10.6. The van der Waals surface area contributed by atoms with Gasteiger partial charge in [0.2, 0.25) is 0 Å². The summed E-state index contributed by atoms with van der Waals surface area (Å²) in [6, 6.07) is 0. The second kappa shape index (κ2) is 18.1. The van der Waals surface area contributed by atoms with Crippen LogP contribution < -0.4 is 5.32 Å². The molecule has 0 radical (unpaired) electrons. The molecule has 4 unspecified atom stereocenters. The molecule has 6 N–H and O–H groups in total. The highest BCUT2D eigenvalue weighted by molar-refractivity contribution is 4.81. The van der Waals surface area contributed by atoms with E-state index < -0.39 is 31.0 Å². The Morgan fingerprint density at radius 3 is 1.50 bits per heavy atom. The molecule has 0 saturated carbocycles. The van der Waals surface area contributed by atoms with Gasteiger partial charge in [-0.3, -0.25) is 0 Å². The summed E-state index contributed by atoms with van der Waals surface area (Å²) in [5.41, 5.74) is 0. The molecule has 0 heterocycles. The Labute approximate surface area is 159 Å². The summed E-state index contributed by atoms with van der Waals surface area (Å²) in [5, 5.41) is 50.0. The maximum atomic E-state index is 9.76. The smallest absolute Gasteiger partial charge is 0.111 e. The minimum absolute atomic E-state index is 0.147. The van der Waals surface area contributed by atoms with Crippen molar-refractivity contribution in [1.29, 1.82) is 0 Å². The third kappa shape index (κ3) is 13.9. The van der Waals surface area contributed by atoms with Gasteiger partial charge in [-0.05, 0) is 13.0 Å². The van der Waals surface area contributed by atoms with Crippen molar-refractivity contribution in [2.45, 2.75) is 108 Å². The largest absolute Gasteiger partial charge is 0.394 e. The van der Waals surface area contributed by atoms with Crippen molar-refractivity contribution in [2.75, 3.05) is 19.7 Å². The number of hydrogen-bond acceptors (Lipinski definition) is 6. The summed E-state index contributed by atoms with van der Waals surface area (Å²) >= 11 is 0. The zero-order chi connectivity index (χ0) is 19.6. The van der Waals surface area contributed by atoms with Crippen LogP contribution in [0.1, 0.15) is 84.0 Å². The molecule has 0 spiro atoms. The van der Waals surface area contributed by atoms with Crippen molar-refractivity contribution in [2.24, 2.45) is 0 Å². The summed E-state index contributed by atoms with van der Waals surface area (Å²) in [7, 11) is 0. The molecule has 0 aromatic rings. The lowest BCUT2D eigenvalue weighted by atomic mass is 10.0. The topological polar surface area (TPSA) is 113 Å². The fraction of sp³-hybridized carbons (Fsp3) is 1.00. The van der Waals surface area contributed by atoms with Gasteiger partial charge in [0.15, 0.2) is 0 Å². The van der Waals surface area contributed by atoms with E-state index in [0.717, 1.165) is 19.4 Å². The van der Waals surface area contributed by atoms with E-state index in [1.807, 2.05) is 0 Å². The Morgan fingerprint density at radius 2 is 1.04 bits per heavy atom. The van der Waals surface area contributed by atoms with E-state index in [1.165, 1.54) is 64.2 Å². The SMILES string of the molecule is CCCCCCCCCCCCCCNCC(O)C(O)C(O)C(O)CO. The molecule has 6 nitrogen and oxygen atoms in total. The van der Waals surface area contributed by atoms with Crippen LogP contribution in [0.15, 0.2) is 0 Å². The number of nitrogens with one attached hydrogen (secondary N) is 1. The predicted octanol–water partition coefficient (Wildman–Crippen LogP) is 1.71. The molecule has 0 rings (SSSR count). The highest BCUT2D eigenvalue weighted by Crippen LogP contribution is 2.11. The molecule has 4 atom stereocenters. The van der Waals surface area contributed by atoms with Crippen molar-refractivity contribution in [3.05, 3.63) is 0 Å². The first-order chi connectivity index (χ1) is 12.5. The first-order valence-electron chi connectivity index (χ1n) is 10.6. The summed E-state index contributed by atoms with van der Waals surface area (Å²) in [5.74, 6) is 0. The van der Waals surface area contributed by atoms with Gasteiger partial charge in [0, 0.05) is 6.54 Å². The van der Waals surface area contributed by atoms with Crippen LogP contribution >= 0.6 is 0 Å². The second-order valence-corrected chi connectivity index (χ2v) is 7.39. The van der Waals surface area contributed by atoms with Crippen LogP contribution in [0.4, 0.5) is 0 Å². The third-order valence-corrected chi connectivity index (χ3v) is 4.89. The second-order valence-electron chi connectivity index (χ2n) is 7.39. The highest BCUT2D eigenvalue weighted by atomic mass is 16.4. The number of hydrogen-bond donors (Lipinski definition) is 6. The molecular weight excluding hydrogens is 334 g/mol. The van der Waals surface area contributed by atoms with Crippen molar-refractivity contribution >= 4 is 0 Å². The zero-order valence-electron chi connectivity index (χ0n) is 16.7. The van der Waals surface area contributed by atoms with E-state index in [1.54, 1.807) is 0 Å². The Bertz CT molecular complexity index is 293. The van der Waals surface area contributed by atoms with Crippen molar-refractivity contribution < 1.29 is 25.5 Å². The maximum absolute atomic E-state index is 9.76. The van der Waals surface area contributed by atoms with Crippen molar-refractivity contribution in [3.63, 3.8) is 0 Å². The lowest BCUT2D eigenvalue weighted by molar-refractivity contribution is -0.113. The van der Waals surface area contributed by atoms with Crippen LogP contribution in [-0.2, 0) is 0 Å². The Kier molecular flexibility index (Phi) is 18.0. The fourth-order valence-corrected chi connectivity index (χ4v) is 3.02. The number of unbranched alkanes of at least 4 members (excludes halogenated alkanes) is 11. The Hall–Kier alpha value is -0.240. The minimum atomic E-state index is -1.55. The van der Waals surface area contributed by atoms with Gasteiger partial charge in [-0.15, -0.1) is 0 Å². The third-order valence-electron chi connectivity index (χ3n) is 4.89. The molecule has 0 aliphatic carbocycles. The molecule has 158 valence electrons. The van der Waals surface area contributed by atoms with Crippen molar-refractivity contribution in [3.8, 4) is 0 Å². The standard InChI is InChI=1S/C20H43NO5/c1-2-3-4-5-6-7-8-9-10-11-12-13-14-21-15-17(23)19(25)20(26)18(24)16-22/h17-26H,2-16H2,1H3. The Morgan fingerprint density at radius 1 is 0.615 bits per heavy atom. The van der Waals surface area contributed by atoms with E-state index in [-0.39, 0.29) is 6.54 Å². The van der Waals surface area contributed by atoms with Crippen LogP contribution in [0.3, 0.4) is 0 Å². The van der Waals surface area contributed by atoms with Crippen LogP contribution in [0.5, 0.6) is 0 Å². The summed E-state index contributed by atoms with van der Waals surface area (Å²) < 4.78 is 0. The van der Waals surface area contributed by atoms with E-state index in [2.05, 4.69) is 12.2 Å². The van der Waals surface area contributed by atoms with Crippen LogP contribution in [-0.4, -0.2) is 69.6 Å². The minimum Gasteiger partial charge on any atom is -0.394 e. The predicted molar refractivity (Wildman–Crippen MR) is 105 cm³/mol. The molecule has 0 aliphatic heterocycles. The average molecular weight is 378 g/mol. The molecule has 0 aromatic carbocycles. The fourth-order valence-electron chi connectivity index (χ4n) is 3.02. The summed E-state index contributed by atoms with van der Waals surface area (Å²) in [6.07, 6.45) is 9.86. The molecule has 0 bridgehead atoms. The molecule has 6 heteroatoms. The molecule has 0 saturated heterocycles. The lowest BCUT2D eigenvalue weighted by Crippen LogP contribution is -2.49. The zero-order valence-corrected chi connectivity index (χ0v) is 16.7. The van der Waals surface area contributed by atoms with Gasteiger partial charge in [-0.25, -0.2) is 0 Å². The van der Waals surface area contributed by atoms with Crippen LogP contribution in [0.25, 0.3) is 0 Å². The number of rotatable bonds is 19. The molecule has 0 fully saturated rings. The first kappa shape index (κ1) is 25.8. The summed E-state index contributed by atoms with van der Waals surface area (Å²) in [6.45, 7) is 2.49.